The first-order chi connectivity index (χ1) is 9.61. The van der Waals surface area contributed by atoms with E-state index in [1.807, 2.05) is 13.0 Å². The first kappa shape index (κ1) is 14.5. The molecule has 0 unspecified atom stereocenters. The summed E-state index contributed by atoms with van der Waals surface area (Å²) in [5.41, 5.74) is 1.32. The van der Waals surface area contributed by atoms with Gasteiger partial charge in [0.25, 0.3) is 5.91 Å². The van der Waals surface area contributed by atoms with Gasteiger partial charge in [0.2, 0.25) is 0 Å². The number of aromatic nitrogens is 2. The Balaban J connectivity index is 2.13. The van der Waals surface area contributed by atoms with E-state index in [1.54, 1.807) is 25.4 Å². The lowest BCUT2D eigenvalue weighted by molar-refractivity contribution is -0.0759. The predicted octanol–water partition coefficient (Wildman–Crippen LogP) is 2.30. The Kier molecular flexibility index (Phi) is 4.75. The Labute approximate surface area is 121 Å². The maximum Gasteiger partial charge on any atom is 0.279 e. The zero-order valence-electron chi connectivity index (χ0n) is 11.5. The fourth-order valence-corrected chi connectivity index (χ4v) is 2.42. The second-order valence-electron chi connectivity index (χ2n) is 4.06. The molecule has 6 nitrogen and oxygen atoms in total. The van der Waals surface area contributed by atoms with Crippen LogP contribution < -0.4 is 0 Å². The van der Waals surface area contributed by atoms with Gasteiger partial charge in [0.1, 0.15) is 10.8 Å². The van der Waals surface area contributed by atoms with Crippen molar-refractivity contribution in [3.63, 3.8) is 0 Å². The summed E-state index contributed by atoms with van der Waals surface area (Å²) in [5.74, 6) is 1.11. The lowest BCUT2D eigenvalue weighted by Gasteiger charge is -2.15. The maximum absolute atomic E-state index is 12.1. The summed E-state index contributed by atoms with van der Waals surface area (Å²) >= 11 is 1.43. The van der Waals surface area contributed by atoms with Crippen LogP contribution in [-0.4, -0.2) is 35.3 Å². The number of carbonyl (C=O) groups is 1. The van der Waals surface area contributed by atoms with Gasteiger partial charge in [-0.2, -0.15) is 0 Å². The van der Waals surface area contributed by atoms with Crippen molar-refractivity contribution in [3.8, 4) is 0 Å². The molecule has 0 aliphatic rings. The van der Waals surface area contributed by atoms with Gasteiger partial charge in [-0.05, 0) is 19.1 Å². The molecule has 20 heavy (non-hydrogen) atoms. The number of carbonyl (C=O) groups excluding carboxylic acids is 1. The van der Waals surface area contributed by atoms with Crippen LogP contribution in [-0.2, 0) is 10.6 Å². The number of hydroxylamine groups is 2. The van der Waals surface area contributed by atoms with Crippen LogP contribution in [0.3, 0.4) is 0 Å². The highest BCUT2D eigenvalue weighted by Crippen LogP contribution is 2.24. The smallest absolute Gasteiger partial charge is 0.279 e. The number of pyridine rings is 1. The molecule has 0 N–H and O–H groups in total. The third kappa shape index (κ3) is 3.37. The summed E-state index contributed by atoms with van der Waals surface area (Å²) in [7, 11) is 3.00. The summed E-state index contributed by atoms with van der Waals surface area (Å²) in [5, 5.41) is 5.72. The molecule has 0 atom stereocenters. The second kappa shape index (κ2) is 6.53. The summed E-state index contributed by atoms with van der Waals surface area (Å²) in [4.78, 5) is 21.3. The van der Waals surface area contributed by atoms with Crippen molar-refractivity contribution < 1.29 is 14.2 Å². The van der Waals surface area contributed by atoms with Crippen LogP contribution in [0.1, 0.15) is 21.8 Å². The van der Waals surface area contributed by atoms with Gasteiger partial charge in [0, 0.05) is 25.1 Å². The van der Waals surface area contributed by atoms with E-state index >= 15 is 0 Å². The van der Waals surface area contributed by atoms with Gasteiger partial charge in [-0.1, -0.05) is 16.9 Å². The van der Waals surface area contributed by atoms with Crippen molar-refractivity contribution in [1.29, 1.82) is 0 Å². The highest BCUT2D eigenvalue weighted by molar-refractivity contribution is 7.98. The summed E-state index contributed by atoms with van der Waals surface area (Å²) in [6.45, 7) is 1.84. The molecule has 0 radical (unpaired) electrons. The van der Waals surface area contributed by atoms with Crippen molar-refractivity contribution in [3.05, 3.63) is 41.4 Å². The van der Waals surface area contributed by atoms with Crippen LogP contribution in [0.2, 0.25) is 0 Å². The highest BCUT2D eigenvalue weighted by Gasteiger charge is 2.17. The Bertz CT molecular complexity index is 600. The normalized spacial score (nSPS) is 10.6. The third-order valence-corrected chi connectivity index (χ3v) is 3.63. The van der Waals surface area contributed by atoms with Crippen molar-refractivity contribution in [2.45, 2.75) is 17.7 Å². The van der Waals surface area contributed by atoms with Crippen LogP contribution in [0, 0.1) is 6.92 Å². The van der Waals surface area contributed by atoms with E-state index in [2.05, 4.69) is 10.1 Å². The lowest BCUT2D eigenvalue weighted by Crippen LogP contribution is -2.26. The summed E-state index contributed by atoms with van der Waals surface area (Å²) < 4.78 is 5.01. The molecule has 0 bridgehead atoms. The predicted molar refractivity (Wildman–Crippen MR) is 74.1 cm³/mol. The Morgan fingerprint density at radius 1 is 1.55 bits per heavy atom. The molecule has 2 aromatic heterocycles. The van der Waals surface area contributed by atoms with E-state index < -0.39 is 0 Å². The lowest BCUT2D eigenvalue weighted by atomic mass is 10.3. The number of rotatable bonds is 5. The second-order valence-corrected chi connectivity index (χ2v) is 5.02. The van der Waals surface area contributed by atoms with E-state index in [1.165, 1.54) is 23.9 Å². The molecule has 0 saturated carbocycles. The molecule has 0 saturated heterocycles. The largest absolute Gasteiger partial charge is 0.361 e. The van der Waals surface area contributed by atoms with Gasteiger partial charge in [-0.25, -0.2) is 10.0 Å². The molecule has 0 aliphatic heterocycles. The topological polar surface area (TPSA) is 68.5 Å². The molecule has 1 amide bonds. The van der Waals surface area contributed by atoms with Crippen molar-refractivity contribution in [2.24, 2.45) is 0 Å². The van der Waals surface area contributed by atoms with Crippen LogP contribution in [0.4, 0.5) is 0 Å². The van der Waals surface area contributed by atoms with Gasteiger partial charge in [0.15, 0.2) is 0 Å². The number of nitrogens with zero attached hydrogens (tertiary/aromatic N) is 3. The monoisotopic (exact) mass is 293 g/mol. The standard InChI is InChI=1S/C13H15N3O3S/c1-9-7-10(15-19-9)8-20-12-11(5-4-6-14-12)13(17)16(2)18-3/h4-7H,8H2,1-3H3. The van der Waals surface area contributed by atoms with Gasteiger partial charge in [0.05, 0.1) is 18.4 Å². The zero-order valence-corrected chi connectivity index (χ0v) is 12.3. The molecular weight excluding hydrogens is 278 g/mol. The zero-order chi connectivity index (χ0) is 14.5. The van der Waals surface area contributed by atoms with Gasteiger partial charge < -0.3 is 4.52 Å². The number of aryl methyl sites for hydroxylation is 1. The van der Waals surface area contributed by atoms with Crippen molar-refractivity contribution in [2.75, 3.05) is 14.2 Å². The fraction of sp³-hybridized carbons (Fsp3) is 0.308. The minimum Gasteiger partial charge on any atom is -0.361 e. The van der Waals surface area contributed by atoms with E-state index in [0.29, 0.717) is 16.3 Å². The summed E-state index contributed by atoms with van der Waals surface area (Å²) in [6, 6.07) is 5.31. The van der Waals surface area contributed by atoms with Gasteiger partial charge in [-0.15, -0.1) is 0 Å². The molecule has 2 aromatic rings. The van der Waals surface area contributed by atoms with Crippen LogP contribution >= 0.6 is 11.8 Å². The Morgan fingerprint density at radius 2 is 2.35 bits per heavy atom. The minimum absolute atomic E-state index is 0.237. The molecular formula is C13H15N3O3S. The number of hydrogen-bond donors (Lipinski definition) is 0. The molecule has 0 fully saturated rings. The van der Waals surface area contributed by atoms with E-state index in [4.69, 9.17) is 9.36 Å². The van der Waals surface area contributed by atoms with E-state index in [9.17, 15) is 4.79 Å². The minimum atomic E-state index is -0.237. The molecule has 106 valence electrons. The molecule has 0 aliphatic carbocycles. The van der Waals surface area contributed by atoms with Crippen LogP contribution in [0.25, 0.3) is 0 Å². The molecule has 0 aromatic carbocycles. The first-order valence-corrected chi connectivity index (χ1v) is 6.92. The van der Waals surface area contributed by atoms with Crippen molar-refractivity contribution in [1.82, 2.24) is 15.2 Å². The third-order valence-electron chi connectivity index (χ3n) is 2.59. The van der Waals surface area contributed by atoms with E-state index in [0.717, 1.165) is 11.5 Å². The molecule has 7 heteroatoms. The fourth-order valence-electron chi connectivity index (χ4n) is 1.55. The van der Waals surface area contributed by atoms with Gasteiger partial charge in [-0.3, -0.25) is 9.63 Å². The first-order valence-electron chi connectivity index (χ1n) is 5.94. The number of thioether (sulfide) groups is 1. The quantitative estimate of drug-likeness (QED) is 0.622. The Hall–Kier alpha value is -1.86. The highest BCUT2D eigenvalue weighted by atomic mass is 32.2. The molecule has 0 spiro atoms. The Morgan fingerprint density at radius 3 is 3.00 bits per heavy atom. The van der Waals surface area contributed by atoms with Crippen molar-refractivity contribution >= 4 is 17.7 Å². The van der Waals surface area contributed by atoms with E-state index in [-0.39, 0.29) is 5.91 Å². The average Bonchev–Trinajstić information content (AvgIpc) is 2.89. The van der Waals surface area contributed by atoms with Crippen LogP contribution in [0.5, 0.6) is 0 Å². The number of hydrogen-bond acceptors (Lipinski definition) is 6. The molecule has 2 heterocycles. The van der Waals surface area contributed by atoms with Crippen LogP contribution in [0.15, 0.2) is 33.9 Å². The number of amides is 1. The SMILES string of the molecule is CON(C)C(=O)c1cccnc1SCc1cc(C)on1. The molecule has 2 rings (SSSR count). The maximum atomic E-state index is 12.1. The van der Waals surface area contributed by atoms with Gasteiger partial charge >= 0.3 is 0 Å². The average molecular weight is 293 g/mol. The summed E-state index contributed by atoms with van der Waals surface area (Å²) in [6.07, 6.45) is 1.65.